The maximum atomic E-state index is 6.12. The molecule has 134 valence electrons. The molecule has 0 aliphatic carbocycles. The molecule has 25 heavy (non-hydrogen) atoms. The van der Waals surface area contributed by atoms with E-state index >= 15 is 0 Å². The number of anilines is 1. The van der Waals surface area contributed by atoms with Crippen LogP contribution in [-0.2, 0) is 10.2 Å². The van der Waals surface area contributed by atoms with Crippen molar-refractivity contribution in [3.63, 3.8) is 0 Å². The molecule has 0 spiro atoms. The summed E-state index contributed by atoms with van der Waals surface area (Å²) in [6.07, 6.45) is 1.94. The molecule has 2 aromatic carbocycles. The van der Waals surface area contributed by atoms with Gasteiger partial charge in [-0.1, -0.05) is 42.5 Å². The molecular formula is C20H26IN3O. The topological polar surface area (TPSA) is 59.6 Å². The van der Waals surface area contributed by atoms with Gasteiger partial charge in [-0.05, 0) is 43.0 Å². The highest BCUT2D eigenvalue weighted by Gasteiger charge is 2.34. The second-order valence-corrected chi connectivity index (χ2v) is 6.45. The fourth-order valence-electron chi connectivity index (χ4n) is 3.24. The Bertz CT molecular complexity index is 697. The number of aryl methyl sites for hydroxylation is 1. The Morgan fingerprint density at radius 3 is 2.52 bits per heavy atom. The van der Waals surface area contributed by atoms with Gasteiger partial charge < -0.3 is 15.8 Å². The van der Waals surface area contributed by atoms with Crippen LogP contribution in [0, 0.1) is 6.92 Å². The molecule has 5 heteroatoms. The van der Waals surface area contributed by atoms with Gasteiger partial charge in [0.05, 0.1) is 6.54 Å². The number of halogens is 1. The van der Waals surface area contributed by atoms with E-state index in [-0.39, 0.29) is 29.4 Å². The van der Waals surface area contributed by atoms with E-state index in [1.165, 1.54) is 11.1 Å². The quantitative estimate of drug-likeness (QED) is 0.418. The minimum Gasteiger partial charge on any atom is -0.381 e. The number of benzene rings is 2. The number of nitrogens with one attached hydrogen (secondary N) is 1. The maximum absolute atomic E-state index is 6.12. The monoisotopic (exact) mass is 451 g/mol. The highest BCUT2D eigenvalue weighted by atomic mass is 127. The lowest BCUT2D eigenvalue weighted by Crippen LogP contribution is -2.38. The van der Waals surface area contributed by atoms with Crippen LogP contribution in [0.1, 0.15) is 24.0 Å². The third-order valence-electron chi connectivity index (χ3n) is 4.68. The summed E-state index contributed by atoms with van der Waals surface area (Å²) in [6.45, 7) is 4.28. The molecule has 1 heterocycles. The summed E-state index contributed by atoms with van der Waals surface area (Å²) in [7, 11) is 0. The van der Waals surface area contributed by atoms with E-state index < -0.39 is 0 Å². The lowest BCUT2D eigenvalue weighted by atomic mass is 9.74. The summed E-state index contributed by atoms with van der Waals surface area (Å²) in [4.78, 5) is 4.65. The van der Waals surface area contributed by atoms with Crippen molar-refractivity contribution in [2.45, 2.75) is 25.2 Å². The van der Waals surface area contributed by atoms with Gasteiger partial charge in [0.15, 0.2) is 5.96 Å². The Hall–Kier alpha value is -1.60. The third-order valence-corrected chi connectivity index (χ3v) is 4.68. The van der Waals surface area contributed by atoms with E-state index in [0.29, 0.717) is 12.5 Å². The highest BCUT2D eigenvalue weighted by molar-refractivity contribution is 14.0. The van der Waals surface area contributed by atoms with Crippen molar-refractivity contribution in [3.05, 3.63) is 65.7 Å². The van der Waals surface area contributed by atoms with Crippen LogP contribution in [0.25, 0.3) is 0 Å². The summed E-state index contributed by atoms with van der Waals surface area (Å²) < 4.78 is 5.57. The molecule has 0 amide bonds. The molecule has 0 bridgehead atoms. The molecule has 1 aliphatic heterocycles. The van der Waals surface area contributed by atoms with Gasteiger partial charge in [-0.3, -0.25) is 4.99 Å². The zero-order valence-electron chi connectivity index (χ0n) is 14.6. The maximum Gasteiger partial charge on any atom is 0.193 e. The van der Waals surface area contributed by atoms with E-state index in [1.807, 2.05) is 18.2 Å². The molecule has 0 saturated carbocycles. The van der Waals surface area contributed by atoms with E-state index in [1.54, 1.807) is 0 Å². The minimum absolute atomic E-state index is 0. The number of hydrogen-bond acceptors (Lipinski definition) is 2. The Kier molecular flexibility index (Phi) is 7.25. The van der Waals surface area contributed by atoms with Crippen LogP contribution in [0.3, 0.4) is 0 Å². The summed E-state index contributed by atoms with van der Waals surface area (Å²) in [5.41, 5.74) is 9.61. The molecule has 0 unspecified atom stereocenters. The first kappa shape index (κ1) is 19.7. The number of rotatable bonds is 4. The van der Waals surface area contributed by atoms with Crippen molar-refractivity contribution in [1.82, 2.24) is 0 Å². The van der Waals surface area contributed by atoms with E-state index in [2.05, 4.69) is 53.6 Å². The van der Waals surface area contributed by atoms with Gasteiger partial charge in [-0.25, -0.2) is 0 Å². The average molecular weight is 451 g/mol. The van der Waals surface area contributed by atoms with Gasteiger partial charge >= 0.3 is 0 Å². The molecule has 0 aromatic heterocycles. The lowest BCUT2D eigenvalue weighted by Gasteiger charge is -2.36. The van der Waals surface area contributed by atoms with Crippen LogP contribution in [0.5, 0.6) is 0 Å². The Morgan fingerprint density at radius 1 is 1.12 bits per heavy atom. The summed E-state index contributed by atoms with van der Waals surface area (Å²) >= 11 is 0. The second-order valence-electron chi connectivity index (χ2n) is 6.45. The first-order valence-electron chi connectivity index (χ1n) is 8.45. The van der Waals surface area contributed by atoms with Gasteiger partial charge in [-0.15, -0.1) is 24.0 Å². The van der Waals surface area contributed by atoms with E-state index in [0.717, 1.165) is 31.7 Å². The molecule has 1 aliphatic rings. The predicted molar refractivity (Wildman–Crippen MR) is 115 cm³/mol. The standard InChI is InChI=1S/C20H25N3O.HI/c1-16-6-5-9-18(14-16)23-19(21)22-15-20(10-12-24-13-11-20)17-7-3-2-4-8-17;/h2-9,14H,10-13,15H2,1H3,(H3,21,22,23);1H. The SMILES string of the molecule is Cc1cccc(NC(N)=NCC2(c3ccccc3)CCOCC2)c1.I. The molecule has 0 atom stereocenters. The molecule has 1 fully saturated rings. The fourth-order valence-corrected chi connectivity index (χ4v) is 3.24. The van der Waals surface area contributed by atoms with Crippen LogP contribution < -0.4 is 11.1 Å². The molecule has 4 nitrogen and oxygen atoms in total. The number of nitrogens with two attached hydrogens (primary N) is 1. The summed E-state index contributed by atoms with van der Waals surface area (Å²) in [5, 5.41) is 3.19. The van der Waals surface area contributed by atoms with Crippen LogP contribution >= 0.6 is 24.0 Å². The molecule has 3 N–H and O–H groups in total. The number of aliphatic imine (C=N–C) groups is 1. The van der Waals surface area contributed by atoms with Crippen molar-refractivity contribution < 1.29 is 4.74 Å². The smallest absolute Gasteiger partial charge is 0.193 e. The first-order valence-corrected chi connectivity index (χ1v) is 8.45. The lowest BCUT2D eigenvalue weighted by molar-refractivity contribution is 0.0531. The van der Waals surface area contributed by atoms with Gasteiger partial charge in [0.2, 0.25) is 0 Å². The van der Waals surface area contributed by atoms with Crippen molar-refractivity contribution in [2.24, 2.45) is 10.7 Å². The van der Waals surface area contributed by atoms with E-state index in [9.17, 15) is 0 Å². The molecule has 2 aromatic rings. The minimum atomic E-state index is 0. The average Bonchev–Trinajstić information content (AvgIpc) is 2.62. The predicted octanol–water partition coefficient (Wildman–Crippen LogP) is 4.09. The van der Waals surface area contributed by atoms with Crippen LogP contribution in [0.2, 0.25) is 0 Å². The Morgan fingerprint density at radius 2 is 1.84 bits per heavy atom. The number of guanidine groups is 1. The van der Waals surface area contributed by atoms with Gasteiger partial charge in [0.25, 0.3) is 0 Å². The van der Waals surface area contributed by atoms with Crippen molar-refractivity contribution in [2.75, 3.05) is 25.1 Å². The van der Waals surface area contributed by atoms with Gasteiger partial charge in [0.1, 0.15) is 0 Å². The second kappa shape index (κ2) is 9.20. The highest BCUT2D eigenvalue weighted by Crippen LogP contribution is 2.35. The Balaban J connectivity index is 0.00000225. The molecular weight excluding hydrogens is 425 g/mol. The summed E-state index contributed by atoms with van der Waals surface area (Å²) in [6, 6.07) is 18.7. The third kappa shape index (κ3) is 5.19. The molecule has 1 saturated heterocycles. The zero-order valence-corrected chi connectivity index (χ0v) is 16.9. The van der Waals surface area contributed by atoms with Crippen LogP contribution in [-0.4, -0.2) is 25.7 Å². The van der Waals surface area contributed by atoms with Crippen LogP contribution in [0.4, 0.5) is 5.69 Å². The van der Waals surface area contributed by atoms with Crippen molar-refractivity contribution in [3.8, 4) is 0 Å². The number of nitrogens with zero attached hydrogens (tertiary/aromatic N) is 1. The van der Waals surface area contributed by atoms with E-state index in [4.69, 9.17) is 10.5 Å². The zero-order chi connectivity index (χ0) is 16.8. The summed E-state index contributed by atoms with van der Waals surface area (Å²) in [5.74, 6) is 0.461. The molecule has 0 radical (unpaired) electrons. The number of ether oxygens (including phenoxy) is 1. The van der Waals surface area contributed by atoms with Crippen molar-refractivity contribution >= 4 is 35.6 Å². The van der Waals surface area contributed by atoms with Gasteiger partial charge in [0, 0.05) is 24.3 Å². The largest absolute Gasteiger partial charge is 0.381 e. The number of hydrogen-bond donors (Lipinski definition) is 2. The van der Waals surface area contributed by atoms with Crippen LogP contribution in [0.15, 0.2) is 59.6 Å². The van der Waals surface area contributed by atoms with Gasteiger partial charge in [-0.2, -0.15) is 0 Å². The Labute approximate surface area is 166 Å². The first-order chi connectivity index (χ1) is 11.7. The normalized spacial score (nSPS) is 16.8. The fraction of sp³-hybridized carbons (Fsp3) is 0.350. The van der Waals surface area contributed by atoms with Crippen molar-refractivity contribution in [1.29, 1.82) is 0 Å². The molecule has 3 rings (SSSR count).